The standard InChI is InChI=1S/C20H21N3O3/c1-15(20(24)21-18-9-5-6-10-19(18)23(25)26)22-13-11-17(12-14-22)16-7-3-2-4-8-16/h2-11,15H,12-14H2,1H3,(H,21,24)/p+1/t15-/m0/s1. The smallest absolute Gasteiger partial charge is 0.292 e. The van der Waals surface area contributed by atoms with Crippen LogP contribution in [0.25, 0.3) is 5.57 Å². The topological polar surface area (TPSA) is 76.7 Å². The van der Waals surface area contributed by atoms with Crippen molar-refractivity contribution in [3.63, 3.8) is 0 Å². The molecule has 2 aromatic carbocycles. The minimum atomic E-state index is -0.483. The molecule has 0 aromatic heterocycles. The number of nitro groups is 1. The predicted octanol–water partition coefficient (Wildman–Crippen LogP) is 2.29. The van der Waals surface area contributed by atoms with Crippen molar-refractivity contribution >= 4 is 22.9 Å². The molecular weight excluding hydrogens is 330 g/mol. The maximum atomic E-state index is 12.6. The predicted molar refractivity (Wildman–Crippen MR) is 101 cm³/mol. The summed E-state index contributed by atoms with van der Waals surface area (Å²) in [5.41, 5.74) is 2.68. The molecule has 0 saturated carbocycles. The lowest BCUT2D eigenvalue weighted by Gasteiger charge is -2.28. The molecule has 0 bridgehead atoms. The maximum absolute atomic E-state index is 12.6. The van der Waals surface area contributed by atoms with Gasteiger partial charge in [0.25, 0.3) is 11.6 Å². The molecule has 1 aliphatic heterocycles. The van der Waals surface area contributed by atoms with Gasteiger partial charge in [0.2, 0.25) is 0 Å². The van der Waals surface area contributed by atoms with Gasteiger partial charge in [-0.1, -0.05) is 42.5 Å². The zero-order valence-electron chi connectivity index (χ0n) is 14.6. The molecule has 2 aromatic rings. The summed E-state index contributed by atoms with van der Waals surface area (Å²) in [4.78, 5) is 24.3. The average molecular weight is 352 g/mol. The summed E-state index contributed by atoms with van der Waals surface area (Å²) >= 11 is 0. The minimum Gasteiger partial charge on any atom is -0.321 e. The van der Waals surface area contributed by atoms with Gasteiger partial charge in [-0.25, -0.2) is 0 Å². The zero-order chi connectivity index (χ0) is 18.5. The Labute approximate surface area is 152 Å². The van der Waals surface area contributed by atoms with E-state index in [4.69, 9.17) is 0 Å². The van der Waals surface area contributed by atoms with Crippen LogP contribution in [0.15, 0.2) is 60.7 Å². The third-order valence-electron chi connectivity index (χ3n) is 4.83. The largest absolute Gasteiger partial charge is 0.321 e. The first-order valence-corrected chi connectivity index (χ1v) is 8.69. The summed E-state index contributed by atoms with van der Waals surface area (Å²) in [5.74, 6) is -0.203. The SMILES string of the molecule is C[C@@H](C(=O)Nc1ccccc1[N+](=O)[O-])[NH+]1CC=C(c2ccccc2)CC1. The molecule has 0 saturated heterocycles. The van der Waals surface area contributed by atoms with Crippen LogP contribution in [-0.2, 0) is 4.79 Å². The number of amides is 1. The van der Waals surface area contributed by atoms with Gasteiger partial charge in [-0.3, -0.25) is 14.9 Å². The molecule has 134 valence electrons. The van der Waals surface area contributed by atoms with E-state index < -0.39 is 4.92 Å². The van der Waals surface area contributed by atoms with E-state index in [1.807, 2.05) is 25.1 Å². The molecule has 0 spiro atoms. The van der Waals surface area contributed by atoms with Crippen LogP contribution in [0.4, 0.5) is 11.4 Å². The highest BCUT2D eigenvalue weighted by molar-refractivity contribution is 5.95. The monoisotopic (exact) mass is 352 g/mol. The normalized spacial score (nSPS) is 17.9. The van der Waals surface area contributed by atoms with Crippen LogP contribution < -0.4 is 10.2 Å². The van der Waals surface area contributed by atoms with E-state index in [9.17, 15) is 14.9 Å². The van der Waals surface area contributed by atoms with Crippen LogP contribution in [0.1, 0.15) is 18.9 Å². The third-order valence-corrected chi connectivity index (χ3v) is 4.83. The quantitative estimate of drug-likeness (QED) is 0.640. The van der Waals surface area contributed by atoms with Gasteiger partial charge >= 0.3 is 0 Å². The molecule has 2 atom stereocenters. The van der Waals surface area contributed by atoms with Crippen molar-refractivity contribution in [3.8, 4) is 0 Å². The maximum Gasteiger partial charge on any atom is 0.292 e. The van der Waals surface area contributed by atoms with E-state index in [2.05, 4.69) is 23.5 Å². The third kappa shape index (κ3) is 3.97. The van der Waals surface area contributed by atoms with Gasteiger partial charge in [0.1, 0.15) is 5.69 Å². The number of carbonyl (C=O) groups is 1. The van der Waals surface area contributed by atoms with Gasteiger partial charge in [-0.2, -0.15) is 0 Å². The van der Waals surface area contributed by atoms with Crippen molar-refractivity contribution in [1.82, 2.24) is 0 Å². The Balaban J connectivity index is 1.65. The molecular formula is C20H22N3O3+. The summed E-state index contributed by atoms with van der Waals surface area (Å²) in [6.07, 6.45) is 3.09. The van der Waals surface area contributed by atoms with Crippen LogP contribution >= 0.6 is 0 Å². The van der Waals surface area contributed by atoms with Gasteiger partial charge in [0.05, 0.1) is 18.0 Å². The number of carbonyl (C=O) groups excluding carboxylic acids is 1. The molecule has 6 nitrogen and oxygen atoms in total. The molecule has 1 heterocycles. The Morgan fingerprint density at radius 2 is 1.85 bits per heavy atom. The van der Waals surface area contributed by atoms with E-state index >= 15 is 0 Å². The number of quaternary nitrogens is 1. The summed E-state index contributed by atoms with van der Waals surface area (Å²) in [7, 11) is 0. The Kier molecular flexibility index (Phi) is 5.43. The number of hydrogen-bond donors (Lipinski definition) is 2. The highest BCUT2D eigenvalue weighted by atomic mass is 16.6. The van der Waals surface area contributed by atoms with Crippen LogP contribution in [0.3, 0.4) is 0 Å². The van der Waals surface area contributed by atoms with E-state index in [0.29, 0.717) is 0 Å². The lowest BCUT2D eigenvalue weighted by Crippen LogP contribution is -3.17. The average Bonchev–Trinajstić information content (AvgIpc) is 2.68. The second kappa shape index (κ2) is 7.93. The number of rotatable bonds is 5. The number of nitrogens with zero attached hydrogens (tertiary/aromatic N) is 1. The van der Waals surface area contributed by atoms with Crippen LogP contribution in [0.5, 0.6) is 0 Å². The second-order valence-corrected chi connectivity index (χ2v) is 6.44. The second-order valence-electron chi connectivity index (χ2n) is 6.44. The first kappa shape index (κ1) is 17.8. The van der Waals surface area contributed by atoms with Gasteiger partial charge in [-0.05, 0) is 30.2 Å². The lowest BCUT2D eigenvalue weighted by atomic mass is 9.99. The number of nitro benzene ring substituents is 1. The summed E-state index contributed by atoms with van der Waals surface area (Å²) in [6.45, 7) is 3.47. The molecule has 0 radical (unpaired) electrons. The fourth-order valence-electron chi connectivity index (χ4n) is 3.23. The number of anilines is 1. The fourth-order valence-corrected chi connectivity index (χ4v) is 3.23. The van der Waals surface area contributed by atoms with Crippen molar-refractivity contribution in [1.29, 1.82) is 0 Å². The van der Waals surface area contributed by atoms with Crippen LogP contribution in [0, 0.1) is 10.1 Å². The number of para-hydroxylation sites is 2. The van der Waals surface area contributed by atoms with E-state index in [0.717, 1.165) is 24.4 Å². The first-order chi connectivity index (χ1) is 12.6. The molecule has 1 amide bonds. The van der Waals surface area contributed by atoms with Crippen LogP contribution in [0.2, 0.25) is 0 Å². The van der Waals surface area contributed by atoms with Crippen molar-refractivity contribution in [2.45, 2.75) is 19.4 Å². The van der Waals surface area contributed by atoms with Gasteiger partial charge in [0, 0.05) is 12.5 Å². The molecule has 0 aliphatic carbocycles. The van der Waals surface area contributed by atoms with Gasteiger partial charge < -0.3 is 10.2 Å². The summed E-state index contributed by atoms with van der Waals surface area (Å²) < 4.78 is 0. The molecule has 1 aliphatic rings. The first-order valence-electron chi connectivity index (χ1n) is 8.69. The number of benzene rings is 2. The van der Waals surface area contributed by atoms with Gasteiger partial charge in [-0.15, -0.1) is 0 Å². The lowest BCUT2D eigenvalue weighted by molar-refractivity contribution is -0.909. The van der Waals surface area contributed by atoms with E-state index in [1.54, 1.807) is 18.2 Å². The molecule has 0 fully saturated rings. The Hall–Kier alpha value is -2.99. The Morgan fingerprint density at radius 3 is 2.50 bits per heavy atom. The van der Waals surface area contributed by atoms with E-state index in [-0.39, 0.29) is 23.3 Å². The van der Waals surface area contributed by atoms with Crippen molar-refractivity contribution in [2.24, 2.45) is 0 Å². The highest BCUT2D eigenvalue weighted by Gasteiger charge is 2.28. The number of hydrogen-bond acceptors (Lipinski definition) is 3. The van der Waals surface area contributed by atoms with Gasteiger partial charge in [0.15, 0.2) is 6.04 Å². The fraction of sp³-hybridized carbons (Fsp3) is 0.250. The van der Waals surface area contributed by atoms with E-state index in [1.165, 1.54) is 17.2 Å². The Bertz CT molecular complexity index is 833. The Morgan fingerprint density at radius 1 is 1.15 bits per heavy atom. The molecule has 3 rings (SSSR count). The molecule has 6 heteroatoms. The number of nitrogens with one attached hydrogen (secondary N) is 2. The summed E-state index contributed by atoms with van der Waals surface area (Å²) in [6, 6.07) is 16.2. The van der Waals surface area contributed by atoms with Crippen LogP contribution in [-0.4, -0.2) is 30.0 Å². The zero-order valence-corrected chi connectivity index (χ0v) is 14.6. The highest BCUT2D eigenvalue weighted by Crippen LogP contribution is 2.23. The molecule has 1 unspecified atom stereocenters. The molecule has 2 N–H and O–H groups in total. The summed E-state index contributed by atoms with van der Waals surface area (Å²) in [5, 5.41) is 13.8. The minimum absolute atomic E-state index is 0.0899. The molecule has 26 heavy (non-hydrogen) atoms. The van der Waals surface area contributed by atoms with Crippen molar-refractivity contribution < 1.29 is 14.6 Å². The van der Waals surface area contributed by atoms with Crippen molar-refractivity contribution in [2.75, 3.05) is 18.4 Å². The van der Waals surface area contributed by atoms with Crippen molar-refractivity contribution in [3.05, 3.63) is 76.4 Å².